The lowest BCUT2D eigenvalue weighted by Gasteiger charge is -2.26. The molecule has 0 atom stereocenters. The monoisotopic (exact) mass is 603 g/mol. The number of halogens is 1. The first-order chi connectivity index (χ1) is 19.2. The molecule has 210 valence electrons. The number of thiophene rings is 1. The fourth-order valence-corrected chi connectivity index (χ4v) is 6.83. The van der Waals surface area contributed by atoms with E-state index in [2.05, 4.69) is 25.5 Å². The molecule has 1 saturated heterocycles. The summed E-state index contributed by atoms with van der Waals surface area (Å²) in [4.78, 5) is 47.5. The van der Waals surface area contributed by atoms with Gasteiger partial charge >= 0.3 is 11.7 Å². The van der Waals surface area contributed by atoms with E-state index < -0.39 is 27.3 Å². The molecule has 12 nitrogen and oxygen atoms in total. The number of H-pyrrole nitrogens is 1. The zero-order chi connectivity index (χ0) is 28.3. The Morgan fingerprint density at radius 3 is 2.52 bits per heavy atom. The zero-order valence-corrected chi connectivity index (χ0v) is 23.5. The van der Waals surface area contributed by atoms with Crippen molar-refractivity contribution in [1.82, 2.24) is 24.2 Å². The summed E-state index contributed by atoms with van der Waals surface area (Å²) in [5.41, 5.74) is 0.122. The molecule has 1 fully saturated rings. The number of aromatic amines is 1. The van der Waals surface area contributed by atoms with Crippen LogP contribution in [-0.2, 0) is 10.0 Å². The Hall–Kier alpha value is -3.72. The van der Waals surface area contributed by atoms with Gasteiger partial charge in [0.1, 0.15) is 10.0 Å². The van der Waals surface area contributed by atoms with E-state index in [4.69, 9.17) is 11.6 Å². The number of hydrogen-bond acceptors (Lipinski definition) is 9. The van der Waals surface area contributed by atoms with Crippen LogP contribution in [0, 0.1) is 0 Å². The highest BCUT2D eigenvalue weighted by Crippen LogP contribution is 2.25. The SMILES string of the molecule is O=C(Nc1ccc(-n2c(=O)[nH]c3cc(NCCN4CCCCC4)ccc3c2=O)nc1)NS(=O)(=O)c1ccc(Cl)s1. The van der Waals surface area contributed by atoms with E-state index in [1.54, 1.807) is 18.2 Å². The Morgan fingerprint density at radius 2 is 1.82 bits per heavy atom. The largest absolute Gasteiger partial charge is 0.384 e. The molecule has 0 saturated carbocycles. The van der Waals surface area contributed by atoms with Crippen LogP contribution in [0.2, 0.25) is 4.34 Å². The third kappa shape index (κ3) is 6.36. The van der Waals surface area contributed by atoms with Gasteiger partial charge in [0.25, 0.3) is 15.6 Å². The number of rotatable bonds is 8. The van der Waals surface area contributed by atoms with Crippen LogP contribution in [0.1, 0.15) is 19.3 Å². The Kier molecular flexibility index (Phi) is 8.21. The van der Waals surface area contributed by atoms with Crippen LogP contribution in [0.4, 0.5) is 16.2 Å². The molecular formula is C25H26ClN7O5S2. The van der Waals surface area contributed by atoms with Crippen LogP contribution in [0.5, 0.6) is 0 Å². The number of pyridine rings is 1. The molecule has 15 heteroatoms. The normalized spacial score (nSPS) is 14.2. The lowest BCUT2D eigenvalue weighted by molar-refractivity contribution is 0.237. The second-order valence-corrected chi connectivity index (χ2v) is 12.8. The maximum absolute atomic E-state index is 13.2. The first-order valence-electron chi connectivity index (χ1n) is 12.5. The van der Waals surface area contributed by atoms with Gasteiger partial charge in [-0.3, -0.25) is 4.79 Å². The van der Waals surface area contributed by atoms with Gasteiger partial charge in [0.15, 0.2) is 0 Å². The number of benzene rings is 1. The predicted molar refractivity (Wildman–Crippen MR) is 155 cm³/mol. The summed E-state index contributed by atoms with van der Waals surface area (Å²) < 4.78 is 27.5. The second-order valence-electron chi connectivity index (χ2n) is 9.18. The highest BCUT2D eigenvalue weighted by atomic mass is 35.5. The van der Waals surface area contributed by atoms with Gasteiger partial charge in [0.05, 0.1) is 27.1 Å². The lowest BCUT2D eigenvalue weighted by atomic mass is 10.1. The van der Waals surface area contributed by atoms with Gasteiger partial charge in [-0.05, 0) is 68.4 Å². The average Bonchev–Trinajstić information content (AvgIpc) is 3.37. The van der Waals surface area contributed by atoms with Crippen molar-refractivity contribution in [3.05, 3.63) is 73.8 Å². The Balaban J connectivity index is 1.27. The molecule has 1 aliphatic rings. The van der Waals surface area contributed by atoms with E-state index in [1.165, 1.54) is 49.7 Å². The van der Waals surface area contributed by atoms with Gasteiger partial charge in [0, 0.05) is 18.8 Å². The summed E-state index contributed by atoms with van der Waals surface area (Å²) in [5.74, 6) is 0.0312. The van der Waals surface area contributed by atoms with Crippen molar-refractivity contribution in [1.29, 1.82) is 0 Å². The molecule has 0 unspecified atom stereocenters. The smallest absolute Gasteiger partial charge is 0.334 e. The number of urea groups is 1. The number of sulfonamides is 1. The number of piperidine rings is 1. The summed E-state index contributed by atoms with van der Waals surface area (Å²) in [6.07, 6.45) is 4.94. The van der Waals surface area contributed by atoms with E-state index in [1.807, 2.05) is 4.72 Å². The fourth-order valence-electron chi connectivity index (χ4n) is 4.44. The minimum absolute atomic E-state index is 0.0312. The number of carbonyl (C=O) groups is 1. The van der Waals surface area contributed by atoms with Gasteiger partial charge in [-0.1, -0.05) is 18.0 Å². The van der Waals surface area contributed by atoms with Crippen molar-refractivity contribution in [3.8, 4) is 5.82 Å². The van der Waals surface area contributed by atoms with Gasteiger partial charge in [-0.2, -0.15) is 0 Å². The van der Waals surface area contributed by atoms with Crippen LogP contribution in [0.3, 0.4) is 0 Å². The number of hydrogen-bond donors (Lipinski definition) is 4. The molecule has 40 heavy (non-hydrogen) atoms. The second kappa shape index (κ2) is 11.8. The summed E-state index contributed by atoms with van der Waals surface area (Å²) in [5, 5.41) is 6.01. The molecule has 5 rings (SSSR count). The van der Waals surface area contributed by atoms with Crippen molar-refractivity contribution in [2.24, 2.45) is 0 Å². The zero-order valence-electron chi connectivity index (χ0n) is 21.1. The van der Waals surface area contributed by atoms with E-state index in [9.17, 15) is 22.8 Å². The molecule has 1 aromatic carbocycles. The minimum atomic E-state index is -4.10. The Labute approximate surface area is 238 Å². The quantitative estimate of drug-likeness (QED) is 0.239. The highest BCUT2D eigenvalue weighted by Gasteiger charge is 2.20. The number of carbonyl (C=O) groups excluding carboxylic acids is 1. The molecule has 2 amide bonds. The van der Waals surface area contributed by atoms with Crippen molar-refractivity contribution in [2.45, 2.75) is 23.5 Å². The number of anilines is 2. The number of amides is 2. The number of likely N-dealkylation sites (tertiary alicyclic amines) is 1. The minimum Gasteiger partial charge on any atom is -0.384 e. The van der Waals surface area contributed by atoms with E-state index in [0.29, 0.717) is 10.9 Å². The predicted octanol–water partition coefficient (Wildman–Crippen LogP) is 3.20. The number of nitrogens with zero attached hydrogens (tertiary/aromatic N) is 3. The third-order valence-electron chi connectivity index (χ3n) is 6.38. The fraction of sp³-hybridized carbons (Fsp3) is 0.280. The van der Waals surface area contributed by atoms with Crippen molar-refractivity contribution < 1.29 is 13.2 Å². The van der Waals surface area contributed by atoms with Crippen molar-refractivity contribution in [2.75, 3.05) is 36.8 Å². The maximum Gasteiger partial charge on any atom is 0.334 e. The topological polar surface area (TPSA) is 158 Å². The molecular weight excluding hydrogens is 578 g/mol. The highest BCUT2D eigenvalue weighted by molar-refractivity contribution is 7.92. The molecule has 0 aliphatic carbocycles. The standard InChI is InChI=1S/C25H26ClN7O5S2/c26-20-7-9-22(39-20)40(37,38)31-24(35)29-17-5-8-21(28-15-17)33-23(34)18-6-4-16(14-19(18)30-25(33)36)27-10-13-32-11-2-1-3-12-32/h4-9,14-15,27H,1-3,10-13H2,(H,30,36)(H2,29,31,35). The molecule has 0 radical (unpaired) electrons. The average molecular weight is 604 g/mol. The first kappa shape index (κ1) is 27.8. The van der Waals surface area contributed by atoms with Gasteiger partial charge in [-0.25, -0.2) is 32.3 Å². The van der Waals surface area contributed by atoms with Crippen molar-refractivity contribution >= 4 is 61.3 Å². The molecule has 1 aliphatic heterocycles. The number of aromatic nitrogens is 3. The molecule has 3 aromatic heterocycles. The third-order valence-corrected chi connectivity index (χ3v) is 9.43. The van der Waals surface area contributed by atoms with Crippen LogP contribution in [0.15, 0.2) is 62.5 Å². The van der Waals surface area contributed by atoms with Gasteiger partial charge in [-0.15, -0.1) is 11.3 Å². The van der Waals surface area contributed by atoms with Gasteiger partial charge in [0.2, 0.25) is 0 Å². The van der Waals surface area contributed by atoms with E-state index >= 15 is 0 Å². The number of nitrogens with one attached hydrogen (secondary N) is 4. The Morgan fingerprint density at radius 1 is 1.05 bits per heavy atom. The number of fused-ring (bicyclic) bond motifs is 1. The van der Waals surface area contributed by atoms with Gasteiger partial charge < -0.3 is 20.5 Å². The molecule has 4 aromatic rings. The molecule has 4 N–H and O–H groups in total. The van der Waals surface area contributed by atoms with Crippen LogP contribution < -0.4 is 26.6 Å². The summed E-state index contributed by atoms with van der Waals surface area (Å²) >= 11 is 6.57. The van der Waals surface area contributed by atoms with E-state index in [-0.39, 0.29) is 20.1 Å². The molecule has 4 heterocycles. The summed E-state index contributed by atoms with van der Waals surface area (Å²) in [7, 11) is -4.10. The van der Waals surface area contributed by atoms with Crippen molar-refractivity contribution in [3.63, 3.8) is 0 Å². The van der Waals surface area contributed by atoms with Crippen LogP contribution >= 0.6 is 22.9 Å². The molecule has 0 bridgehead atoms. The van der Waals surface area contributed by atoms with Crippen LogP contribution in [0.25, 0.3) is 16.7 Å². The first-order valence-corrected chi connectivity index (χ1v) is 15.2. The van der Waals surface area contributed by atoms with E-state index in [0.717, 1.165) is 47.8 Å². The summed E-state index contributed by atoms with van der Waals surface area (Å²) in [6.45, 7) is 3.90. The summed E-state index contributed by atoms with van der Waals surface area (Å²) in [6, 6.07) is 9.60. The Bertz CT molecular complexity index is 1760. The molecule has 0 spiro atoms. The van der Waals surface area contributed by atoms with Crippen LogP contribution in [-0.4, -0.2) is 60.1 Å². The maximum atomic E-state index is 13.2. The lowest BCUT2D eigenvalue weighted by Crippen LogP contribution is -2.35.